The van der Waals surface area contributed by atoms with E-state index in [2.05, 4.69) is 15.3 Å². The smallest absolute Gasteiger partial charge is 0.234 e. The van der Waals surface area contributed by atoms with Crippen LogP contribution in [0.4, 0.5) is 0 Å². The van der Waals surface area contributed by atoms with Gasteiger partial charge < -0.3 is 10.5 Å². The van der Waals surface area contributed by atoms with Crippen LogP contribution in [0.2, 0.25) is 0 Å². The van der Waals surface area contributed by atoms with Crippen LogP contribution in [0.5, 0.6) is 0 Å². The fourth-order valence-electron chi connectivity index (χ4n) is 2.33. The van der Waals surface area contributed by atoms with Crippen molar-refractivity contribution in [3.05, 3.63) is 10.8 Å². The Balaban J connectivity index is 1.81. The second-order valence-corrected chi connectivity index (χ2v) is 6.19. The molecule has 6 nitrogen and oxygen atoms in total. The lowest BCUT2D eigenvalue weighted by molar-refractivity contribution is 0.0831. The van der Waals surface area contributed by atoms with Crippen LogP contribution in [0, 0.1) is 0 Å². The molecule has 0 amide bonds. The van der Waals surface area contributed by atoms with Gasteiger partial charge in [-0.25, -0.2) is 0 Å². The van der Waals surface area contributed by atoms with E-state index in [-0.39, 0.29) is 6.04 Å². The molecule has 1 unspecified atom stereocenters. The predicted molar refractivity (Wildman–Crippen MR) is 73.4 cm³/mol. The van der Waals surface area contributed by atoms with Crippen molar-refractivity contribution in [1.29, 1.82) is 0 Å². The largest absolute Gasteiger partial charge is 0.381 e. The molecule has 0 spiro atoms. The molecule has 104 valence electrons. The summed E-state index contributed by atoms with van der Waals surface area (Å²) in [5, 5.41) is 14.3. The van der Waals surface area contributed by atoms with E-state index >= 15 is 0 Å². The molecule has 1 aliphatic rings. The molecule has 0 saturated carbocycles. The minimum absolute atomic E-state index is 0.212. The van der Waals surface area contributed by atoms with Gasteiger partial charge in [0.25, 0.3) is 0 Å². The third kappa shape index (κ3) is 2.77. The maximum absolute atomic E-state index is 5.78. The molecule has 7 heteroatoms. The molecule has 1 atom stereocenters. The monoisotopic (exact) mass is 281 g/mol. The lowest BCUT2D eigenvalue weighted by Crippen LogP contribution is -2.17. The van der Waals surface area contributed by atoms with Crippen LogP contribution in [0.15, 0.2) is 0 Å². The lowest BCUT2D eigenvalue weighted by Gasteiger charge is -2.19. The van der Waals surface area contributed by atoms with Gasteiger partial charge in [-0.05, 0) is 26.2 Å². The molecule has 2 N–H and O–H groups in total. The second kappa shape index (κ2) is 5.52. The zero-order chi connectivity index (χ0) is 13.2. The fraction of sp³-hybridized carbons (Fsp3) is 0.750. The molecular weight excluding hydrogens is 262 g/mol. The van der Waals surface area contributed by atoms with Gasteiger partial charge in [-0.3, -0.25) is 0 Å². The fourth-order valence-corrected chi connectivity index (χ4v) is 3.19. The van der Waals surface area contributed by atoms with Gasteiger partial charge in [-0.1, -0.05) is 11.3 Å². The Morgan fingerprint density at radius 3 is 2.95 bits per heavy atom. The van der Waals surface area contributed by atoms with E-state index in [0.717, 1.165) is 54.7 Å². The van der Waals surface area contributed by atoms with E-state index in [9.17, 15) is 0 Å². The van der Waals surface area contributed by atoms with Crippen molar-refractivity contribution in [3.8, 4) is 0 Å². The third-order valence-electron chi connectivity index (χ3n) is 3.46. The van der Waals surface area contributed by atoms with Crippen LogP contribution < -0.4 is 5.73 Å². The Morgan fingerprint density at radius 2 is 2.21 bits per heavy atom. The first-order valence-electron chi connectivity index (χ1n) is 6.78. The Kier molecular flexibility index (Phi) is 3.76. The van der Waals surface area contributed by atoms with E-state index in [1.807, 2.05) is 11.4 Å². The van der Waals surface area contributed by atoms with Crippen LogP contribution in [0.3, 0.4) is 0 Å². The molecule has 0 bridgehead atoms. The molecule has 0 radical (unpaired) electrons. The number of nitrogens with zero attached hydrogens (tertiary/aromatic N) is 4. The average Bonchev–Trinajstić information content (AvgIpc) is 2.96. The summed E-state index contributed by atoms with van der Waals surface area (Å²) in [6.07, 6.45) is 3.89. The van der Waals surface area contributed by atoms with Crippen LogP contribution in [-0.2, 0) is 11.2 Å². The van der Waals surface area contributed by atoms with Crippen LogP contribution in [0.1, 0.15) is 42.9 Å². The summed E-state index contributed by atoms with van der Waals surface area (Å²) in [6, 6.07) is 0.212. The summed E-state index contributed by atoms with van der Waals surface area (Å²) >= 11 is 1.62. The summed E-state index contributed by atoms with van der Waals surface area (Å²) in [5.74, 6) is 1.41. The molecule has 0 aromatic carbocycles. The van der Waals surface area contributed by atoms with Crippen molar-refractivity contribution in [2.75, 3.05) is 13.2 Å². The molecule has 3 heterocycles. The highest BCUT2D eigenvalue weighted by Crippen LogP contribution is 2.27. The standard InChI is InChI=1S/C12H19N5OS/c1-8(13)2-3-10-16-17-11(14-15-12(17)19-10)9-4-6-18-7-5-9/h8-9H,2-7,13H2,1H3. The molecule has 3 rings (SSSR count). The van der Waals surface area contributed by atoms with Crippen molar-refractivity contribution in [3.63, 3.8) is 0 Å². The SMILES string of the molecule is CC(N)CCc1nn2c(C3CCOCC3)nnc2s1. The molecule has 1 aliphatic heterocycles. The quantitative estimate of drug-likeness (QED) is 0.915. The maximum atomic E-state index is 5.78. The third-order valence-corrected chi connectivity index (χ3v) is 4.42. The molecule has 19 heavy (non-hydrogen) atoms. The number of aromatic nitrogens is 4. The zero-order valence-electron chi connectivity index (χ0n) is 11.1. The Bertz CT molecular complexity index is 543. The first-order chi connectivity index (χ1) is 9.24. The highest BCUT2D eigenvalue weighted by atomic mass is 32.1. The van der Waals surface area contributed by atoms with Crippen molar-refractivity contribution in [2.45, 2.75) is 44.6 Å². The van der Waals surface area contributed by atoms with Gasteiger partial charge >= 0.3 is 0 Å². The highest BCUT2D eigenvalue weighted by Gasteiger charge is 2.23. The number of ether oxygens (including phenoxy) is 1. The van der Waals surface area contributed by atoms with Crippen molar-refractivity contribution < 1.29 is 4.74 Å². The topological polar surface area (TPSA) is 78.3 Å². The van der Waals surface area contributed by atoms with Gasteiger partial charge in [0.15, 0.2) is 5.82 Å². The summed E-state index contributed by atoms with van der Waals surface area (Å²) in [5.41, 5.74) is 5.78. The molecule has 0 aliphatic carbocycles. The van der Waals surface area contributed by atoms with Gasteiger partial charge in [0.05, 0.1) is 0 Å². The normalized spacial score (nSPS) is 19.1. The molecular formula is C12H19N5OS. The molecule has 2 aromatic heterocycles. The number of rotatable bonds is 4. The van der Waals surface area contributed by atoms with Crippen molar-refractivity contribution in [2.24, 2.45) is 5.73 Å². The molecule has 2 aromatic rings. The summed E-state index contributed by atoms with van der Waals surface area (Å²) in [7, 11) is 0. The van der Waals surface area contributed by atoms with Gasteiger partial charge in [-0.15, -0.1) is 10.2 Å². The lowest BCUT2D eigenvalue weighted by atomic mass is 10.00. The van der Waals surface area contributed by atoms with E-state index < -0.39 is 0 Å². The number of nitrogens with two attached hydrogens (primary N) is 1. The minimum atomic E-state index is 0.212. The van der Waals surface area contributed by atoms with E-state index in [1.165, 1.54) is 0 Å². The predicted octanol–water partition coefficient (Wildman–Crippen LogP) is 1.36. The van der Waals surface area contributed by atoms with Gasteiger partial charge in [0.2, 0.25) is 4.96 Å². The highest BCUT2D eigenvalue weighted by molar-refractivity contribution is 7.16. The molecule has 1 saturated heterocycles. The summed E-state index contributed by atoms with van der Waals surface area (Å²) < 4.78 is 7.30. The first kappa shape index (κ1) is 13.0. The number of aryl methyl sites for hydroxylation is 1. The Morgan fingerprint density at radius 1 is 1.42 bits per heavy atom. The second-order valence-electron chi connectivity index (χ2n) is 5.15. The van der Waals surface area contributed by atoms with E-state index in [1.54, 1.807) is 11.3 Å². The van der Waals surface area contributed by atoms with Gasteiger partial charge in [-0.2, -0.15) is 9.61 Å². The summed E-state index contributed by atoms with van der Waals surface area (Å²) in [4.78, 5) is 0.890. The van der Waals surface area contributed by atoms with Crippen LogP contribution in [-0.4, -0.2) is 39.1 Å². The first-order valence-corrected chi connectivity index (χ1v) is 7.60. The maximum Gasteiger partial charge on any atom is 0.234 e. The zero-order valence-corrected chi connectivity index (χ0v) is 11.9. The Hall–Kier alpha value is -1.05. The van der Waals surface area contributed by atoms with Crippen molar-refractivity contribution >= 4 is 16.3 Å². The van der Waals surface area contributed by atoms with E-state index in [4.69, 9.17) is 10.5 Å². The van der Waals surface area contributed by atoms with Crippen LogP contribution >= 0.6 is 11.3 Å². The van der Waals surface area contributed by atoms with Gasteiger partial charge in [0.1, 0.15) is 5.01 Å². The number of fused-ring (bicyclic) bond motifs is 1. The number of hydrogen-bond acceptors (Lipinski definition) is 6. The average molecular weight is 281 g/mol. The van der Waals surface area contributed by atoms with Crippen molar-refractivity contribution in [1.82, 2.24) is 19.8 Å². The number of hydrogen-bond donors (Lipinski definition) is 1. The Labute approximate surface area is 116 Å². The summed E-state index contributed by atoms with van der Waals surface area (Å²) in [6.45, 7) is 3.64. The molecule has 1 fully saturated rings. The van der Waals surface area contributed by atoms with Crippen LogP contribution in [0.25, 0.3) is 4.96 Å². The minimum Gasteiger partial charge on any atom is -0.381 e. The van der Waals surface area contributed by atoms with Gasteiger partial charge in [0, 0.05) is 31.6 Å². The van der Waals surface area contributed by atoms with E-state index in [0.29, 0.717) is 5.92 Å².